The molecule has 0 unspecified atom stereocenters. The zero-order valence-electron chi connectivity index (χ0n) is 16.1. The van der Waals surface area contributed by atoms with E-state index in [0.717, 1.165) is 18.4 Å². The van der Waals surface area contributed by atoms with Crippen molar-refractivity contribution >= 4 is 27.3 Å². The fraction of sp³-hybridized carbons (Fsp3) is 0.316. The molecule has 0 bridgehead atoms. The standard InChI is InChI=1S/C19H19F3N2O5S/c1-12(18(25)23-14-6-7-16-17(11-14)29-9-8-28-16)24(30(2,26)27)15-5-3-4-13(10-15)19(20,21)22/h3-7,10-12H,8-9H2,1-2H3,(H,23,25)/t12-/m1/s1. The first-order chi connectivity index (χ1) is 14.0. The van der Waals surface area contributed by atoms with Crippen molar-refractivity contribution in [3.05, 3.63) is 48.0 Å². The van der Waals surface area contributed by atoms with E-state index in [1.807, 2.05) is 0 Å². The minimum absolute atomic E-state index is 0.267. The summed E-state index contributed by atoms with van der Waals surface area (Å²) in [5.74, 6) is 0.202. The van der Waals surface area contributed by atoms with Gasteiger partial charge >= 0.3 is 6.18 Å². The number of amides is 1. The van der Waals surface area contributed by atoms with Crippen LogP contribution in [0.4, 0.5) is 24.5 Å². The molecular formula is C19H19F3N2O5S. The van der Waals surface area contributed by atoms with Crippen LogP contribution in [-0.4, -0.2) is 39.8 Å². The third-order valence-electron chi connectivity index (χ3n) is 4.33. The van der Waals surface area contributed by atoms with E-state index in [-0.39, 0.29) is 5.69 Å². The summed E-state index contributed by atoms with van der Waals surface area (Å²) in [6.07, 6.45) is -3.84. The lowest BCUT2D eigenvalue weighted by atomic mass is 10.1. The molecule has 162 valence electrons. The van der Waals surface area contributed by atoms with Gasteiger partial charge in [-0.15, -0.1) is 0 Å². The van der Waals surface area contributed by atoms with Crippen molar-refractivity contribution in [2.24, 2.45) is 0 Å². The first-order valence-electron chi connectivity index (χ1n) is 8.84. The van der Waals surface area contributed by atoms with Crippen LogP contribution in [0.5, 0.6) is 11.5 Å². The zero-order chi connectivity index (χ0) is 22.1. The topological polar surface area (TPSA) is 84.9 Å². The summed E-state index contributed by atoms with van der Waals surface area (Å²) >= 11 is 0. The Balaban J connectivity index is 1.87. The van der Waals surface area contributed by atoms with Gasteiger partial charge in [-0.3, -0.25) is 9.10 Å². The predicted octanol–water partition coefficient (Wildman–Crippen LogP) is 3.27. The number of hydrogen-bond acceptors (Lipinski definition) is 5. The summed E-state index contributed by atoms with van der Waals surface area (Å²) in [6, 6.07) is 7.14. The van der Waals surface area contributed by atoms with Crippen LogP contribution in [0.2, 0.25) is 0 Å². The molecule has 1 atom stereocenters. The van der Waals surface area contributed by atoms with E-state index >= 15 is 0 Å². The summed E-state index contributed by atoms with van der Waals surface area (Å²) in [7, 11) is -4.07. The van der Waals surface area contributed by atoms with Crippen LogP contribution in [0.1, 0.15) is 12.5 Å². The van der Waals surface area contributed by atoms with Crippen LogP contribution >= 0.6 is 0 Å². The predicted molar refractivity (Wildman–Crippen MR) is 104 cm³/mol. The number of ether oxygens (including phenoxy) is 2. The monoisotopic (exact) mass is 444 g/mol. The number of nitrogens with zero attached hydrogens (tertiary/aromatic N) is 1. The van der Waals surface area contributed by atoms with E-state index in [0.29, 0.717) is 40.8 Å². The number of benzene rings is 2. The molecule has 0 aromatic heterocycles. The molecule has 0 spiro atoms. The van der Waals surface area contributed by atoms with Crippen LogP contribution in [0.15, 0.2) is 42.5 Å². The van der Waals surface area contributed by atoms with Gasteiger partial charge in [-0.05, 0) is 37.3 Å². The van der Waals surface area contributed by atoms with Crippen LogP contribution in [0, 0.1) is 0 Å². The molecule has 0 fully saturated rings. The number of carbonyl (C=O) groups is 1. The molecule has 0 saturated heterocycles. The van der Waals surface area contributed by atoms with E-state index in [2.05, 4.69) is 5.32 Å². The Hall–Kier alpha value is -2.95. The van der Waals surface area contributed by atoms with Crippen LogP contribution in [0.3, 0.4) is 0 Å². The van der Waals surface area contributed by atoms with E-state index in [9.17, 15) is 26.4 Å². The number of carbonyl (C=O) groups excluding carboxylic acids is 1. The molecule has 1 N–H and O–H groups in total. The molecule has 0 radical (unpaired) electrons. The minimum Gasteiger partial charge on any atom is -0.486 e. The van der Waals surface area contributed by atoms with Gasteiger partial charge < -0.3 is 14.8 Å². The van der Waals surface area contributed by atoms with Gasteiger partial charge in [0.2, 0.25) is 15.9 Å². The van der Waals surface area contributed by atoms with E-state index in [1.165, 1.54) is 19.1 Å². The van der Waals surface area contributed by atoms with Gasteiger partial charge in [0, 0.05) is 11.8 Å². The molecule has 0 saturated carbocycles. The maximum Gasteiger partial charge on any atom is 0.416 e. The van der Waals surface area contributed by atoms with Gasteiger partial charge in [-0.25, -0.2) is 8.42 Å². The van der Waals surface area contributed by atoms with E-state index < -0.39 is 33.7 Å². The number of hydrogen-bond donors (Lipinski definition) is 1. The van der Waals surface area contributed by atoms with Crippen molar-refractivity contribution in [3.63, 3.8) is 0 Å². The molecule has 11 heteroatoms. The number of halogens is 3. The van der Waals surface area contributed by atoms with Crippen molar-refractivity contribution in [2.45, 2.75) is 19.1 Å². The summed E-state index contributed by atoms with van der Waals surface area (Å²) < 4.78 is 75.2. The Morgan fingerprint density at radius 2 is 1.77 bits per heavy atom. The highest BCUT2D eigenvalue weighted by atomic mass is 32.2. The second-order valence-corrected chi connectivity index (χ2v) is 8.49. The molecule has 0 aliphatic carbocycles. The number of alkyl halides is 3. The van der Waals surface area contributed by atoms with Gasteiger partial charge in [-0.1, -0.05) is 6.07 Å². The summed E-state index contributed by atoms with van der Waals surface area (Å²) in [4.78, 5) is 12.7. The number of fused-ring (bicyclic) bond motifs is 1. The molecule has 2 aromatic rings. The molecule has 1 aliphatic rings. The van der Waals surface area contributed by atoms with Gasteiger partial charge in [0.1, 0.15) is 19.3 Å². The fourth-order valence-corrected chi connectivity index (χ4v) is 4.16. The quantitative estimate of drug-likeness (QED) is 0.765. The summed E-state index contributed by atoms with van der Waals surface area (Å²) in [5.41, 5.74) is -0.959. The highest BCUT2D eigenvalue weighted by molar-refractivity contribution is 7.92. The Labute approximate surface area is 171 Å². The second-order valence-electron chi connectivity index (χ2n) is 6.63. The van der Waals surface area contributed by atoms with Crippen molar-refractivity contribution in [2.75, 3.05) is 29.1 Å². The highest BCUT2D eigenvalue weighted by Gasteiger charge is 2.34. The maximum absolute atomic E-state index is 13.0. The third-order valence-corrected chi connectivity index (χ3v) is 5.57. The zero-order valence-corrected chi connectivity index (χ0v) is 16.9. The summed E-state index contributed by atoms with van der Waals surface area (Å²) in [6.45, 7) is 2.03. The highest BCUT2D eigenvalue weighted by Crippen LogP contribution is 2.34. The Morgan fingerprint density at radius 3 is 2.40 bits per heavy atom. The Bertz CT molecular complexity index is 1060. The third kappa shape index (κ3) is 4.78. The minimum atomic E-state index is -4.66. The summed E-state index contributed by atoms with van der Waals surface area (Å²) in [5, 5.41) is 2.56. The smallest absolute Gasteiger partial charge is 0.416 e. The lowest BCUT2D eigenvalue weighted by Gasteiger charge is -2.29. The molecular weight excluding hydrogens is 425 g/mol. The fourth-order valence-electron chi connectivity index (χ4n) is 3.00. The van der Waals surface area contributed by atoms with E-state index in [4.69, 9.17) is 9.47 Å². The number of sulfonamides is 1. The number of nitrogens with one attached hydrogen (secondary N) is 1. The van der Waals surface area contributed by atoms with Gasteiger partial charge in [-0.2, -0.15) is 13.2 Å². The maximum atomic E-state index is 13.0. The van der Waals surface area contributed by atoms with Crippen LogP contribution in [0.25, 0.3) is 0 Å². The first-order valence-corrected chi connectivity index (χ1v) is 10.7. The lowest BCUT2D eigenvalue weighted by Crippen LogP contribution is -2.45. The van der Waals surface area contributed by atoms with Gasteiger partial charge in [0.25, 0.3) is 0 Å². The van der Waals surface area contributed by atoms with Crippen LogP contribution < -0.4 is 19.1 Å². The SMILES string of the molecule is C[C@H](C(=O)Nc1ccc2c(c1)OCCO2)N(c1cccc(C(F)(F)F)c1)S(C)(=O)=O. The van der Waals surface area contributed by atoms with E-state index in [1.54, 1.807) is 12.1 Å². The molecule has 1 amide bonds. The van der Waals surface area contributed by atoms with Gasteiger partial charge in [0.15, 0.2) is 11.5 Å². The van der Waals surface area contributed by atoms with Crippen molar-refractivity contribution in [1.82, 2.24) is 0 Å². The molecule has 1 heterocycles. The molecule has 7 nitrogen and oxygen atoms in total. The first kappa shape index (κ1) is 21.8. The van der Waals surface area contributed by atoms with Crippen molar-refractivity contribution in [3.8, 4) is 11.5 Å². The molecule has 1 aliphatic heterocycles. The van der Waals surface area contributed by atoms with Crippen LogP contribution in [-0.2, 0) is 21.0 Å². The molecule has 30 heavy (non-hydrogen) atoms. The number of rotatable bonds is 5. The normalized spacial score (nSPS) is 14.7. The van der Waals surface area contributed by atoms with Gasteiger partial charge in [0.05, 0.1) is 17.5 Å². The average molecular weight is 444 g/mol. The van der Waals surface area contributed by atoms with Crippen molar-refractivity contribution in [1.29, 1.82) is 0 Å². The van der Waals surface area contributed by atoms with Crippen molar-refractivity contribution < 1.29 is 35.9 Å². The molecule has 2 aromatic carbocycles. The second kappa shape index (κ2) is 8.05. The lowest BCUT2D eigenvalue weighted by molar-refractivity contribution is -0.137. The Morgan fingerprint density at radius 1 is 1.10 bits per heavy atom. The largest absolute Gasteiger partial charge is 0.486 e. The number of anilines is 2. The molecule has 3 rings (SSSR count). The average Bonchev–Trinajstić information content (AvgIpc) is 2.66. The Kier molecular flexibility index (Phi) is 5.84.